The molecule has 5 heteroatoms. The van der Waals surface area contributed by atoms with Crippen LogP contribution in [0.15, 0.2) is 48.7 Å². The van der Waals surface area contributed by atoms with Gasteiger partial charge >= 0.3 is 0 Å². The highest BCUT2D eigenvalue weighted by molar-refractivity contribution is 7.20. The number of rotatable bonds is 4. The van der Waals surface area contributed by atoms with E-state index in [2.05, 4.69) is 4.98 Å². The maximum Gasteiger partial charge on any atom is 0.264 e. The molecule has 0 spiro atoms. The molecule has 22 heavy (non-hydrogen) atoms. The van der Waals surface area contributed by atoms with E-state index in [0.29, 0.717) is 6.54 Å². The van der Waals surface area contributed by atoms with Crippen molar-refractivity contribution in [2.24, 2.45) is 0 Å². The number of carbonyl (C=O) groups is 1. The van der Waals surface area contributed by atoms with Crippen molar-refractivity contribution in [1.82, 2.24) is 9.88 Å². The smallest absolute Gasteiger partial charge is 0.264 e. The van der Waals surface area contributed by atoms with Crippen LogP contribution in [0.3, 0.4) is 0 Å². The standard InChI is InChI=1S/C17H16N2O2S/c1-19(11-13-5-3-4-8-18-13)17(20)16-10-12-9-14(21-2)6-7-15(12)22-16/h3-10H,11H2,1-2H3. The lowest BCUT2D eigenvalue weighted by molar-refractivity contribution is 0.0788. The quantitative estimate of drug-likeness (QED) is 0.739. The summed E-state index contributed by atoms with van der Waals surface area (Å²) in [4.78, 5) is 19.2. The van der Waals surface area contributed by atoms with Gasteiger partial charge in [0.05, 0.1) is 24.2 Å². The van der Waals surface area contributed by atoms with Crippen molar-refractivity contribution in [1.29, 1.82) is 0 Å². The van der Waals surface area contributed by atoms with E-state index in [9.17, 15) is 4.79 Å². The minimum atomic E-state index is 0.00539. The first-order valence-corrected chi connectivity index (χ1v) is 7.72. The summed E-state index contributed by atoms with van der Waals surface area (Å²) in [6.07, 6.45) is 1.74. The molecule has 0 N–H and O–H groups in total. The van der Waals surface area contributed by atoms with Crippen LogP contribution in [0.5, 0.6) is 5.75 Å². The van der Waals surface area contributed by atoms with Crippen LogP contribution in [0.25, 0.3) is 10.1 Å². The molecule has 0 radical (unpaired) electrons. The molecule has 0 atom stereocenters. The van der Waals surface area contributed by atoms with Crippen LogP contribution >= 0.6 is 11.3 Å². The summed E-state index contributed by atoms with van der Waals surface area (Å²) in [7, 11) is 3.43. The highest BCUT2D eigenvalue weighted by Crippen LogP contribution is 2.29. The van der Waals surface area contributed by atoms with Crippen LogP contribution in [0.1, 0.15) is 15.4 Å². The third-order valence-electron chi connectivity index (χ3n) is 3.41. The van der Waals surface area contributed by atoms with Crippen LogP contribution in [0.2, 0.25) is 0 Å². The topological polar surface area (TPSA) is 42.4 Å². The Balaban J connectivity index is 1.82. The molecule has 2 aromatic heterocycles. The molecule has 1 amide bonds. The molecule has 0 aliphatic rings. The van der Waals surface area contributed by atoms with Crippen LogP contribution in [0.4, 0.5) is 0 Å². The number of methoxy groups -OCH3 is 1. The number of amides is 1. The zero-order valence-electron chi connectivity index (χ0n) is 12.4. The van der Waals surface area contributed by atoms with Gasteiger partial charge < -0.3 is 9.64 Å². The van der Waals surface area contributed by atoms with Crippen molar-refractivity contribution in [2.75, 3.05) is 14.2 Å². The molecule has 1 aromatic carbocycles. The maximum absolute atomic E-state index is 12.6. The van der Waals surface area contributed by atoms with Crippen LogP contribution < -0.4 is 4.74 Å². The van der Waals surface area contributed by atoms with Gasteiger partial charge in [0.25, 0.3) is 5.91 Å². The predicted octanol–water partition coefficient (Wildman–Crippen LogP) is 3.58. The molecule has 0 unspecified atom stereocenters. The molecule has 3 rings (SSSR count). The fraction of sp³-hybridized carbons (Fsp3) is 0.176. The number of aromatic nitrogens is 1. The molecule has 3 aromatic rings. The summed E-state index contributed by atoms with van der Waals surface area (Å²) in [6, 6.07) is 13.5. The van der Waals surface area contributed by atoms with Crippen molar-refractivity contribution in [3.8, 4) is 5.75 Å². The van der Waals surface area contributed by atoms with Crippen molar-refractivity contribution >= 4 is 27.3 Å². The second kappa shape index (κ2) is 6.15. The summed E-state index contributed by atoms with van der Waals surface area (Å²) >= 11 is 1.50. The monoisotopic (exact) mass is 312 g/mol. The van der Waals surface area contributed by atoms with Gasteiger partial charge in [-0.25, -0.2) is 0 Å². The number of hydrogen-bond acceptors (Lipinski definition) is 4. The summed E-state index contributed by atoms with van der Waals surface area (Å²) in [6.45, 7) is 0.497. The first-order valence-electron chi connectivity index (χ1n) is 6.90. The van der Waals surface area contributed by atoms with Gasteiger partial charge in [-0.15, -0.1) is 11.3 Å². The Bertz CT molecular complexity index is 799. The van der Waals surface area contributed by atoms with E-state index < -0.39 is 0 Å². The molecule has 0 saturated heterocycles. The minimum absolute atomic E-state index is 0.00539. The third kappa shape index (κ3) is 2.94. The van der Waals surface area contributed by atoms with Crippen LogP contribution in [-0.4, -0.2) is 29.9 Å². The highest BCUT2D eigenvalue weighted by atomic mass is 32.1. The van der Waals surface area contributed by atoms with Gasteiger partial charge in [-0.3, -0.25) is 9.78 Å². The normalized spacial score (nSPS) is 10.6. The van der Waals surface area contributed by atoms with Crippen molar-refractivity contribution in [3.63, 3.8) is 0 Å². The average Bonchev–Trinajstić information content (AvgIpc) is 2.97. The SMILES string of the molecule is COc1ccc2sc(C(=O)N(C)Cc3ccccn3)cc2c1. The molecule has 0 aliphatic heterocycles. The Kier molecular flexibility index (Phi) is 4.06. The van der Waals surface area contributed by atoms with Crippen LogP contribution in [0, 0.1) is 0 Å². The van der Waals surface area contributed by atoms with Gasteiger partial charge in [0.2, 0.25) is 0 Å². The Morgan fingerprint density at radius 1 is 1.27 bits per heavy atom. The Morgan fingerprint density at radius 3 is 2.86 bits per heavy atom. The van der Waals surface area contributed by atoms with E-state index >= 15 is 0 Å². The maximum atomic E-state index is 12.6. The fourth-order valence-corrected chi connectivity index (χ4v) is 3.29. The predicted molar refractivity (Wildman–Crippen MR) is 88.4 cm³/mol. The molecule has 0 saturated carbocycles. The number of hydrogen-bond donors (Lipinski definition) is 0. The number of carbonyl (C=O) groups excluding carboxylic acids is 1. The van der Waals surface area contributed by atoms with E-state index in [0.717, 1.165) is 26.4 Å². The Labute approximate surface area is 133 Å². The Morgan fingerprint density at radius 2 is 2.14 bits per heavy atom. The second-order valence-electron chi connectivity index (χ2n) is 5.00. The third-order valence-corrected chi connectivity index (χ3v) is 4.51. The van der Waals surface area contributed by atoms with Gasteiger partial charge in [0.15, 0.2) is 0 Å². The lowest BCUT2D eigenvalue weighted by atomic mass is 10.2. The number of fused-ring (bicyclic) bond motifs is 1. The average molecular weight is 312 g/mol. The van der Waals surface area contributed by atoms with Crippen molar-refractivity contribution in [3.05, 3.63) is 59.2 Å². The largest absolute Gasteiger partial charge is 0.497 e. The fourth-order valence-electron chi connectivity index (χ4n) is 2.25. The molecule has 0 aliphatic carbocycles. The van der Waals surface area contributed by atoms with Gasteiger partial charge in [0.1, 0.15) is 5.75 Å². The molecule has 0 fully saturated rings. The zero-order chi connectivity index (χ0) is 15.5. The summed E-state index contributed by atoms with van der Waals surface area (Å²) in [5, 5.41) is 1.03. The summed E-state index contributed by atoms with van der Waals surface area (Å²) < 4.78 is 6.30. The molecular weight excluding hydrogens is 296 g/mol. The molecule has 0 bridgehead atoms. The van der Waals surface area contributed by atoms with E-state index in [1.54, 1.807) is 25.3 Å². The molecule has 4 nitrogen and oxygen atoms in total. The minimum Gasteiger partial charge on any atom is -0.497 e. The second-order valence-corrected chi connectivity index (χ2v) is 6.08. The zero-order valence-corrected chi connectivity index (χ0v) is 13.3. The van der Waals surface area contributed by atoms with E-state index in [1.165, 1.54) is 11.3 Å². The Hall–Kier alpha value is -2.40. The lowest BCUT2D eigenvalue weighted by Crippen LogP contribution is -2.25. The number of thiophene rings is 1. The summed E-state index contributed by atoms with van der Waals surface area (Å²) in [5.41, 5.74) is 0.876. The lowest BCUT2D eigenvalue weighted by Gasteiger charge is -2.15. The van der Waals surface area contributed by atoms with Gasteiger partial charge in [-0.1, -0.05) is 6.07 Å². The number of pyridine rings is 1. The van der Waals surface area contributed by atoms with Gasteiger partial charge in [0, 0.05) is 17.9 Å². The number of benzene rings is 1. The number of ether oxygens (including phenoxy) is 1. The number of nitrogens with zero attached hydrogens (tertiary/aromatic N) is 2. The molecule has 112 valence electrons. The first kappa shape index (κ1) is 14.5. The summed E-state index contributed by atoms with van der Waals surface area (Å²) in [5.74, 6) is 0.803. The van der Waals surface area contributed by atoms with Crippen molar-refractivity contribution < 1.29 is 9.53 Å². The van der Waals surface area contributed by atoms with Crippen molar-refractivity contribution in [2.45, 2.75) is 6.54 Å². The van der Waals surface area contributed by atoms with E-state index in [-0.39, 0.29) is 5.91 Å². The van der Waals surface area contributed by atoms with Gasteiger partial charge in [-0.2, -0.15) is 0 Å². The highest BCUT2D eigenvalue weighted by Gasteiger charge is 2.15. The van der Waals surface area contributed by atoms with Crippen LogP contribution in [-0.2, 0) is 6.54 Å². The van der Waals surface area contributed by atoms with Gasteiger partial charge in [-0.05, 0) is 41.8 Å². The first-order chi connectivity index (χ1) is 10.7. The van der Waals surface area contributed by atoms with E-state index in [1.807, 2.05) is 42.5 Å². The van der Waals surface area contributed by atoms with E-state index in [4.69, 9.17) is 4.74 Å². The molecule has 2 heterocycles. The molecular formula is C17H16N2O2S.